The highest BCUT2D eigenvalue weighted by atomic mass is 35.9. The van der Waals surface area contributed by atoms with Gasteiger partial charge in [-0.3, -0.25) is 0 Å². The van der Waals surface area contributed by atoms with Crippen LogP contribution in [-0.4, -0.2) is 6.61 Å². The lowest BCUT2D eigenvalue weighted by Crippen LogP contribution is -1.86. The molecule has 0 heterocycles. The lowest BCUT2D eigenvalue weighted by Gasteiger charge is -2.02. The molecule has 0 bridgehead atoms. The first-order valence-electron chi connectivity index (χ1n) is 4.52. The fourth-order valence-corrected chi connectivity index (χ4v) is 1.70. The molecule has 0 amide bonds. The first kappa shape index (κ1) is 13.0. The van der Waals surface area contributed by atoms with Crippen LogP contribution < -0.4 is 0 Å². The molecule has 0 rings (SSSR count). The summed E-state index contributed by atoms with van der Waals surface area (Å²) < 4.78 is 5.04. The van der Waals surface area contributed by atoms with E-state index in [1.807, 2.05) is 0 Å². The Morgan fingerprint density at radius 3 is 2.17 bits per heavy atom. The van der Waals surface area contributed by atoms with Crippen molar-refractivity contribution < 1.29 is 4.52 Å². The van der Waals surface area contributed by atoms with Gasteiger partial charge in [0, 0.05) is 0 Å². The highest BCUT2D eigenvalue weighted by molar-refractivity contribution is 8.00. The first-order chi connectivity index (χ1) is 5.77. The van der Waals surface area contributed by atoms with Crippen LogP contribution in [0.2, 0.25) is 0 Å². The van der Waals surface area contributed by atoms with E-state index in [0.29, 0.717) is 6.61 Å². The molecule has 0 aromatic carbocycles. The number of hydrogen-bond acceptors (Lipinski definition) is 1. The van der Waals surface area contributed by atoms with Crippen molar-refractivity contribution >= 4 is 29.3 Å². The Labute approximate surface area is 86.2 Å². The van der Waals surface area contributed by atoms with Crippen LogP contribution in [0.5, 0.6) is 0 Å². The second kappa shape index (κ2) is 10.1. The van der Waals surface area contributed by atoms with E-state index in [1.165, 1.54) is 32.1 Å². The molecule has 0 aromatic heterocycles. The third-order valence-corrected chi connectivity index (χ3v) is 2.65. The van der Waals surface area contributed by atoms with Gasteiger partial charge in [-0.2, -0.15) is 0 Å². The van der Waals surface area contributed by atoms with Gasteiger partial charge in [-0.25, -0.2) is 0 Å². The Morgan fingerprint density at radius 2 is 1.58 bits per heavy atom. The number of hydrogen-bond donors (Lipinski definition) is 0. The summed E-state index contributed by atoms with van der Waals surface area (Å²) in [4.78, 5) is 0. The molecule has 0 atom stereocenters. The van der Waals surface area contributed by atoms with E-state index < -0.39 is 6.85 Å². The van der Waals surface area contributed by atoms with Crippen LogP contribution in [-0.2, 0) is 4.52 Å². The molecule has 0 aliphatic heterocycles. The van der Waals surface area contributed by atoms with Crippen LogP contribution in [0.15, 0.2) is 0 Å². The maximum absolute atomic E-state index is 5.45. The van der Waals surface area contributed by atoms with E-state index in [9.17, 15) is 0 Å². The lowest BCUT2D eigenvalue weighted by atomic mass is 10.1. The minimum absolute atomic E-state index is 0.713. The fraction of sp³-hybridized carbons (Fsp3) is 1.00. The molecular formula is C8H17Cl2OP. The van der Waals surface area contributed by atoms with Gasteiger partial charge < -0.3 is 4.52 Å². The van der Waals surface area contributed by atoms with Crippen LogP contribution in [0.4, 0.5) is 0 Å². The Balaban J connectivity index is 2.82. The van der Waals surface area contributed by atoms with Gasteiger partial charge in [0.25, 0.3) is 0 Å². The number of unbranched alkanes of at least 4 members (excludes halogenated alkanes) is 5. The number of halogens is 2. The van der Waals surface area contributed by atoms with Crippen molar-refractivity contribution in [2.75, 3.05) is 6.61 Å². The molecule has 4 heteroatoms. The minimum Gasteiger partial charge on any atom is -0.332 e. The highest BCUT2D eigenvalue weighted by Crippen LogP contribution is 2.47. The van der Waals surface area contributed by atoms with Gasteiger partial charge in [-0.05, 0) is 28.9 Å². The molecule has 0 aliphatic carbocycles. The summed E-state index contributed by atoms with van der Waals surface area (Å²) in [5.74, 6) is 0. The molecule has 74 valence electrons. The van der Waals surface area contributed by atoms with Crippen LogP contribution in [0.3, 0.4) is 0 Å². The minimum atomic E-state index is -1.18. The third-order valence-electron chi connectivity index (χ3n) is 1.69. The van der Waals surface area contributed by atoms with E-state index in [1.54, 1.807) is 0 Å². The molecule has 0 unspecified atom stereocenters. The van der Waals surface area contributed by atoms with Gasteiger partial charge in [-0.15, -0.1) is 0 Å². The average molecular weight is 231 g/mol. The van der Waals surface area contributed by atoms with Crippen LogP contribution in [0, 0.1) is 0 Å². The zero-order valence-corrected chi connectivity index (χ0v) is 9.97. The topological polar surface area (TPSA) is 9.23 Å². The van der Waals surface area contributed by atoms with Gasteiger partial charge in [0.05, 0.1) is 6.61 Å². The molecule has 12 heavy (non-hydrogen) atoms. The molecular weight excluding hydrogens is 214 g/mol. The summed E-state index contributed by atoms with van der Waals surface area (Å²) >= 11 is 10.9. The third kappa shape index (κ3) is 11.0. The van der Waals surface area contributed by atoms with Crippen LogP contribution in [0.25, 0.3) is 0 Å². The zero-order chi connectivity index (χ0) is 9.23. The maximum atomic E-state index is 5.45. The largest absolute Gasteiger partial charge is 0.332 e. The molecule has 0 saturated carbocycles. The predicted molar refractivity (Wildman–Crippen MR) is 58.0 cm³/mol. The Morgan fingerprint density at radius 1 is 1.00 bits per heavy atom. The van der Waals surface area contributed by atoms with Gasteiger partial charge in [0.15, 0.2) is 0 Å². The normalized spacial score (nSPS) is 11.0. The molecule has 0 aliphatic rings. The monoisotopic (exact) mass is 230 g/mol. The lowest BCUT2D eigenvalue weighted by molar-refractivity contribution is 0.347. The second-order valence-electron chi connectivity index (χ2n) is 2.80. The second-order valence-corrected chi connectivity index (χ2v) is 5.83. The Hall–Kier alpha value is 0.970. The van der Waals surface area contributed by atoms with Gasteiger partial charge >= 0.3 is 0 Å². The van der Waals surface area contributed by atoms with E-state index in [0.717, 1.165) is 6.42 Å². The van der Waals surface area contributed by atoms with E-state index in [4.69, 9.17) is 27.0 Å². The van der Waals surface area contributed by atoms with Crippen molar-refractivity contribution in [1.29, 1.82) is 0 Å². The summed E-state index contributed by atoms with van der Waals surface area (Å²) in [5.41, 5.74) is 0. The van der Waals surface area contributed by atoms with Crippen molar-refractivity contribution in [3.63, 3.8) is 0 Å². The summed E-state index contributed by atoms with van der Waals surface area (Å²) in [6.45, 7) is 1.75. The summed E-state index contributed by atoms with van der Waals surface area (Å²) in [6, 6.07) is 0. The zero-order valence-electron chi connectivity index (χ0n) is 7.56. The summed E-state index contributed by atoms with van der Waals surface area (Å²) in [5, 5.41) is 0. The molecule has 0 saturated heterocycles. The van der Waals surface area contributed by atoms with Gasteiger partial charge in [-0.1, -0.05) is 39.0 Å². The van der Waals surface area contributed by atoms with Gasteiger partial charge in [0.2, 0.25) is 6.85 Å². The van der Waals surface area contributed by atoms with E-state index in [-0.39, 0.29) is 0 Å². The van der Waals surface area contributed by atoms with Crippen molar-refractivity contribution in [1.82, 2.24) is 0 Å². The fourth-order valence-electron chi connectivity index (χ4n) is 1.02. The smallest absolute Gasteiger partial charge is 0.225 e. The summed E-state index contributed by atoms with van der Waals surface area (Å²) in [7, 11) is 0. The molecule has 0 aromatic rings. The standard InChI is InChI=1S/C8H17Cl2OP/c1-2-3-4-5-6-7-8-11-12(9)10/h2-8H2,1H3. The van der Waals surface area contributed by atoms with Crippen molar-refractivity contribution in [2.45, 2.75) is 45.4 Å². The number of rotatable bonds is 8. The van der Waals surface area contributed by atoms with Crippen molar-refractivity contribution in [3.8, 4) is 0 Å². The quantitative estimate of drug-likeness (QED) is 0.418. The van der Waals surface area contributed by atoms with E-state index in [2.05, 4.69) is 6.92 Å². The van der Waals surface area contributed by atoms with Gasteiger partial charge in [0.1, 0.15) is 0 Å². The van der Waals surface area contributed by atoms with Crippen LogP contribution >= 0.6 is 29.3 Å². The average Bonchev–Trinajstić information content (AvgIpc) is 2.02. The highest BCUT2D eigenvalue weighted by Gasteiger charge is 1.97. The first-order valence-corrected chi connectivity index (χ1v) is 7.59. The van der Waals surface area contributed by atoms with Crippen LogP contribution in [0.1, 0.15) is 45.4 Å². The van der Waals surface area contributed by atoms with Crippen molar-refractivity contribution in [2.24, 2.45) is 0 Å². The molecule has 1 nitrogen and oxygen atoms in total. The van der Waals surface area contributed by atoms with Crippen molar-refractivity contribution in [3.05, 3.63) is 0 Å². The van der Waals surface area contributed by atoms with E-state index >= 15 is 0 Å². The molecule has 0 spiro atoms. The SMILES string of the molecule is CCCCCCCCOP(Cl)Cl. The Kier molecular flexibility index (Phi) is 10.9. The predicted octanol–water partition coefficient (Wildman–Crippen LogP) is 5.07. The summed E-state index contributed by atoms with van der Waals surface area (Å²) in [6.07, 6.45) is 7.61. The maximum Gasteiger partial charge on any atom is 0.225 e. The molecule has 0 fully saturated rings. The molecule has 0 N–H and O–H groups in total. The molecule has 0 radical (unpaired) electrons. The Bertz CT molecular complexity index is 91.1.